The Morgan fingerprint density at radius 1 is 1.40 bits per heavy atom. The van der Waals surface area contributed by atoms with Gasteiger partial charge < -0.3 is 14.6 Å². The van der Waals surface area contributed by atoms with E-state index in [0.29, 0.717) is 18.7 Å². The Bertz CT molecular complexity index is 901. The smallest absolute Gasteiger partial charge is 0.254 e. The first kappa shape index (κ1) is 16.3. The number of aliphatic hydroxyl groups is 1. The van der Waals surface area contributed by atoms with Crippen LogP contribution in [0.1, 0.15) is 33.9 Å². The number of hydrogen-bond donors (Lipinski definition) is 1. The number of β-amino-alcohol motifs (C(OH)–C–C–N with tert-alkyl or cyclic N) is 1. The molecule has 1 aliphatic heterocycles. The molecule has 0 bridgehead atoms. The summed E-state index contributed by atoms with van der Waals surface area (Å²) >= 11 is 1.73. The van der Waals surface area contributed by atoms with Crippen LogP contribution in [0, 0.1) is 0 Å². The van der Waals surface area contributed by atoms with Crippen LogP contribution >= 0.6 is 11.3 Å². The van der Waals surface area contributed by atoms with Gasteiger partial charge in [-0.1, -0.05) is 6.07 Å². The SMILES string of the molecule is Cn1c(Cc2cccs2)nc2cc(C(=O)N3CCC[C@H](O)C3)ccc21. The summed E-state index contributed by atoms with van der Waals surface area (Å²) in [6, 6.07) is 9.86. The fourth-order valence-corrected chi connectivity index (χ4v) is 4.13. The second-order valence-corrected chi connectivity index (χ2v) is 7.63. The largest absolute Gasteiger partial charge is 0.391 e. The molecule has 0 saturated carbocycles. The third-order valence-electron chi connectivity index (χ3n) is 4.82. The summed E-state index contributed by atoms with van der Waals surface area (Å²) in [6.07, 6.45) is 2.01. The van der Waals surface area contributed by atoms with Crippen LogP contribution in [0.2, 0.25) is 0 Å². The molecular weight excluding hydrogens is 334 g/mol. The zero-order chi connectivity index (χ0) is 17.4. The molecule has 2 aromatic heterocycles. The monoisotopic (exact) mass is 355 g/mol. The fourth-order valence-electron chi connectivity index (χ4n) is 3.43. The molecular formula is C19H21N3O2S. The normalized spacial score (nSPS) is 18.0. The van der Waals surface area contributed by atoms with Crippen molar-refractivity contribution in [1.82, 2.24) is 14.5 Å². The molecule has 0 unspecified atom stereocenters. The van der Waals surface area contributed by atoms with Gasteiger partial charge in [0.05, 0.1) is 17.1 Å². The van der Waals surface area contributed by atoms with Crippen LogP contribution < -0.4 is 0 Å². The summed E-state index contributed by atoms with van der Waals surface area (Å²) in [5.41, 5.74) is 2.52. The minimum atomic E-state index is -0.409. The summed E-state index contributed by atoms with van der Waals surface area (Å²) < 4.78 is 2.09. The Balaban J connectivity index is 1.62. The van der Waals surface area contributed by atoms with E-state index in [-0.39, 0.29) is 5.91 Å². The highest BCUT2D eigenvalue weighted by atomic mass is 32.1. The van der Waals surface area contributed by atoms with E-state index in [2.05, 4.69) is 16.0 Å². The second-order valence-electron chi connectivity index (χ2n) is 6.59. The molecule has 0 spiro atoms. The number of carbonyl (C=O) groups is 1. The van der Waals surface area contributed by atoms with E-state index in [1.807, 2.05) is 31.3 Å². The number of nitrogens with zero attached hydrogens (tertiary/aromatic N) is 3. The van der Waals surface area contributed by atoms with Gasteiger partial charge in [-0.25, -0.2) is 4.98 Å². The Morgan fingerprint density at radius 3 is 3.04 bits per heavy atom. The Hall–Kier alpha value is -2.18. The lowest BCUT2D eigenvalue weighted by atomic mass is 10.1. The van der Waals surface area contributed by atoms with Crippen molar-refractivity contribution in [2.75, 3.05) is 13.1 Å². The first-order valence-corrected chi connectivity index (χ1v) is 9.45. The number of piperidine rings is 1. The topological polar surface area (TPSA) is 58.4 Å². The number of aryl methyl sites for hydroxylation is 1. The van der Waals surface area contributed by atoms with Crippen LogP contribution in [0.15, 0.2) is 35.7 Å². The minimum Gasteiger partial charge on any atom is -0.391 e. The fraction of sp³-hybridized carbons (Fsp3) is 0.368. The second kappa shape index (κ2) is 6.61. The van der Waals surface area contributed by atoms with Gasteiger partial charge >= 0.3 is 0 Å². The van der Waals surface area contributed by atoms with Crippen molar-refractivity contribution in [3.05, 3.63) is 52.0 Å². The van der Waals surface area contributed by atoms with E-state index < -0.39 is 6.10 Å². The summed E-state index contributed by atoms with van der Waals surface area (Å²) in [5.74, 6) is 0.974. The van der Waals surface area contributed by atoms with Gasteiger partial charge in [-0.3, -0.25) is 4.79 Å². The number of carbonyl (C=O) groups excluding carboxylic acids is 1. The highest BCUT2D eigenvalue weighted by molar-refractivity contribution is 7.09. The first-order valence-electron chi connectivity index (χ1n) is 8.57. The number of imidazole rings is 1. The summed E-state index contributed by atoms with van der Waals surface area (Å²) in [6.45, 7) is 1.13. The number of fused-ring (bicyclic) bond motifs is 1. The minimum absolute atomic E-state index is 0.0221. The molecule has 1 aromatic carbocycles. The molecule has 6 heteroatoms. The average molecular weight is 355 g/mol. The van der Waals surface area contributed by atoms with Crippen molar-refractivity contribution in [3.63, 3.8) is 0 Å². The number of rotatable bonds is 3. The molecule has 1 aliphatic rings. The van der Waals surface area contributed by atoms with Crippen molar-refractivity contribution < 1.29 is 9.90 Å². The Morgan fingerprint density at radius 2 is 2.28 bits per heavy atom. The number of likely N-dealkylation sites (tertiary alicyclic amines) is 1. The lowest BCUT2D eigenvalue weighted by molar-refractivity contribution is 0.0474. The van der Waals surface area contributed by atoms with Crippen molar-refractivity contribution >= 4 is 28.3 Å². The molecule has 1 amide bonds. The van der Waals surface area contributed by atoms with Gasteiger partial charge in [0.1, 0.15) is 5.82 Å². The third kappa shape index (κ3) is 3.19. The van der Waals surface area contributed by atoms with Gasteiger partial charge in [0.2, 0.25) is 0 Å². The predicted octanol–water partition coefficient (Wildman–Crippen LogP) is 2.82. The van der Waals surface area contributed by atoms with Gasteiger partial charge in [0.15, 0.2) is 0 Å². The maximum absolute atomic E-state index is 12.7. The highest BCUT2D eigenvalue weighted by Crippen LogP contribution is 2.22. The molecule has 0 aliphatic carbocycles. The van der Waals surface area contributed by atoms with Gasteiger partial charge in [0.25, 0.3) is 5.91 Å². The van der Waals surface area contributed by atoms with Crippen LogP contribution in [0.25, 0.3) is 11.0 Å². The third-order valence-corrected chi connectivity index (χ3v) is 5.69. The standard InChI is InChI=1S/C19H21N3O2S/c1-21-17-7-6-13(19(24)22-8-2-4-14(23)12-22)10-16(17)20-18(21)11-15-5-3-9-25-15/h3,5-7,9-10,14,23H,2,4,8,11-12H2,1H3/t14-/m0/s1. The zero-order valence-electron chi connectivity index (χ0n) is 14.2. The maximum atomic E-state index is 12.7. The molecule has 1 fully saturated rings. The van der Waals surface area contributed by atoms with Crippen LogP contribution in [0.5, 0.6) is 0 Å². The molecule has 130 valence electrons. The van der Waals surface area contributed by atoms with Gasteiger partial charge in [-0.05, 0) is 42.5 Å². The van der Waals surface area contributed by atoms with E-state index in [4.69, 9.17) is 4.98 Å². The number of thiophene rings is 1. The number of aromatic nitrogens is 2. The molecule has 25 heavy (non-hydrogen) atoms. The highest BCUT2D eigenvalue weighted by Gasteiger charge is 2.23. The van der Waals surface area contributed by atoms with E-state index in [1.54, 1.807) is 16.2 Å². The summed E-state index contributed by atoms with van der Waals surface area (Å²) in [7, 11) is 2.01. The van der Waals surface area contributed by atoms with Crippen molar-refractivity contribution in [2.24, 2.45) is 7.05 Å². The van der Waals surface area contributed by atoms with E-state index >= 15 is 0 Å². The molecule has 5 nitrogen and oxygen atoms in total. The molecule has 1 saturated heterocycles. The Kier molecular flexibility index (Phi) is 4.31. The number of hydrogen-bond acceptors (Lipinski definition) is 4. The van der Waals surface area contributed by atoms with Crippen molar-refractivity contribution in [1.29, 1.82) is 0 Å². The molecule has 3 aromatic rings. The molecule has 1 N–H and O–H groups in total. The van der Waals surface area contributed by atoms with Crippen molar-refractivity contribution in [3.8, 4) is 0 Å². The number of benzene rings is 1. The van der Waals surface area contributed by atoms with Crippen LogP contribution in [-0.4, -0.2) is 44.7 Å². The van der Waals surface area contributed by atoms with Gasteiger partial charge in [-0.15, -0.1) is 11.3 Å². The number of amides is 1. The van der Waals surface area contributed by atoms with E-state index in [0.717, 1.165) is 36.1 Å². The quantitative estimate of drug-likeness (QED) is 0.786. The number of aliphatic hydroxyl groups excluding tert-OH is 1. The van der Waals surface area contributed by atoms with Crippen LogP contribution in [0.3, 0.4) is 0 Å². The summed E-state index contributed by atoms with van der Waals surface area (Å²) in [4.78, 5) is 20.5. The van der Waals surface area contributed by atoms with Crippen LogP contribution in [-0.2, 0) is 13.5 Å². The molecule has 1 atom stereocenters. The van der Waals surface area contributed by atoms with Gasteiger partial charge in [0, 0.05) is 37.0 Å². The van der Waals surface area contributed by atoms with E-state index in [1.165, 1.54) is 4.88 Å². The van der Waals surface area contributed by atoms with Crippen LogP contribution in [0.4, 0.5) is 0 Å². The summed E-state index contributed by atoms with van der Waals surface area (Å²) in [5, 5.41) is 11.9. The van der Waals surface area contributed by atoms with Gasteiger partial charge in [-0.2, -0.15) is 0 Å². The lowest BCUT2D eigenvalue weighted by Crippen LogP contribution is -2.42. The Labute approximate surface area is 150 Å². The molecule has 4 rings (SSSR count). The average Bonchev–Trinajstić information content (AvgIpc) is 3.23. The van der Waals surface area contributed by atoms with Crippen molar-refractivity contribution in [2.45, 2.75) is 25.4 Å². The van der Waals surface area contributed by atoms with E-state index in [9.17, 15) is 9.90 Å². The molecule has 3 heterocycles. The lowest BCUT2D eigenvalue weighted by Gasteiger charge is -2.30. The molecule has 0 radical (unpaired) electrons. The zero-order valence-corrected chi connectivity index (χ0v) is 15.0. The first-order chi connectivity index (χ1) is 12.1. The predicted molar refractivity (Wildman–Crippen MR) is 99.0 cm³/mol. The maximum Gasteiger partial charge on any atom is 0.254 e.